The van der Waals surface area contributed by atoms with Crippen LogP contribution in [-0.4, -0.2) is 15.6 Å². The zero-order valence-corrected chi connectivity index (χ0v) is 17.9. The summed E-state index contributed by atoms with van der Waals surface area (Å²) >= 11 is 6.03. The number of amides is 1. The van der Waals surface area contributed by atoms with Crippen molar-refractivity contribution in [3.05, 3.63) is 63.9 Å². The summed E-state index contributed by atoms with van der Waals surface area (Å²) in [6, 6.07) is 14.3. The van der Waals surface area contributed by atoms with Gasteiger partial charge in [-0.25, -0.2) is 4.98 Å². The largest absolute Gasteiger partial charge is 0.280 e. The highest BCUT2D eigenvalue weighted by molar-refractivity contribution is 6.30. The van der Waals surface area contributed by atoms with Gasteiger partial charge < -0.3 is 0 Å². The first kappa shape index (κ1) is 20.6. The van der Waals surface area contributed by atoms with Crippen LogP contribution in [0.2, 0.25) is 5.02 Å². The molecule has 1 heterocycles. The molecule has 1 aromatic heterocycles. The van der Waals surface area contributed by atoms with Gasteiger partial charge in [0.25, 0.3) is 5.56 Å². The molecule has 5 nitrogen and oxygen atoms in total. The van der Waals surface area contributed by atoms with Gasteiger partial charge >= 0.3 is 0 Å². The maximum absolute atomic E-state index is 13.2. The number of para-hydroxylation sites is 1. The Morgan fingerprint density at radius 3 is 2.50 bits per heavy atom. The average Bonchev–Trinajstić information content (AvgIpc) is 2.77. The van der Waals surface area contributed by atoms with Crippen LogP contribution in [0.1, 0.15) is 45.4 Å². The Kier molecular flexibility index (Phi) is 6.18. The van der Waals surface area contributed by atoms with Crippen molar-refractivity contribution in [1.29, 1.82) is 0 Å². The number of carbonyl (C=O) groups is 1. The summed E-state index contributed by atoms with van der Waals surface area (Å²) in [6.45, 7) is 2.20. The number of hydrogen-bond donors (Lipinski definition) is 1. The predicted octanol–water partition coefficient (Wildman–Crippen LogP) is 5.39. The number of fused-ring (bicyclic) bond motifs is 1. The molecule has 6 heteroatoms. The van der Waals surface area contributed by atoms with E-state index in [1.807, 2.05) is 6.07 Å². The van der Waals surface area contributed by atoms with Crippen LogP contribution in [-0.2, 0) is 4.79 Å². The third-order valence-electron chi connectivity index (χ3n) is 6.01. The highest BCUT2D eigenvalue weighted by Gasteiger charge is 2.27. The van der Waals surface area contributed by atoms with Gasteiger partial charge in [-0.1, -0.05) is 43.5 Å². The van der Waals surface area contributed by atoms with Crippen LogP contribution >= 0.6 is 11.6 Å². The lowest BCUT2D eigenvalue weighted by atomic mass is 9.80. The third kappa shape index (κ3) is 4.26. The van der Waals surface area contributed by atoms with Crippen molar-refractivity contribution >= 4 is 28.4 Å². The van der Waals surface area contributed by atoms with Crippen LogP contribution in [0.4, 0.5) is 0 Å². The van der Waals surface area contributed by atoms with Crippen LogP contribution in [0.15, 0.2) is 53.3 Å². The molecule has 0 unspecified atom stereocenters. The number of carbonyl (C=O) groups excluding carboxylic acids is 1. The van der Waals surface area contributed by atoms with Crippen LogP contribution in [0.25, 0.3) is 22.3 Å². The van der Waals surface area contributed by atoms with E-state index in [9.17, 15) is 9.59 Å². The lowest BCUT2D eigenvalue weighted by Gasteiger charge is -2.28. The van der Waals surface area contributed by atoms with E-state index in [2.05, 4.69) is 17.3 Å². The number of aromatic nitrogens is 2. The molecule has 1 N–H and O–H groups in total. The summed E-state index contributed by atoms with van der Waals surface area (Å²) in [4.78, 5) is 30.9. The van der Waals surface area contributed by atoms with Crippen molar-refractivity contribution in [2.75, 3.05) is 5.43 Å². The van der Waals surface area contributed by atoms with Gasteiger partial charge in [0.15, 0.2) is 5.82 Å². The Morgan fingerprint density at radius 2 is 1.80 bits per heavy atom. The topological polar surface area (TPSA) is 64.0 Å². The second-order valence-corrected chi connectivity index (χ2v) is 8.52. The van der Waals surface area contributed by atoms with Gasteiger partial charge in [0.1, 0.15) is 0 Å². The fourth-order valence-corrected chi connectivity index (χ4v) is 4.48. The SMILES string of the molecule is CCCC1CCC(C(=O)Nn2c(-c3ccc(Cl)cc3)nc3ccccc3c2=O)CC1. The lowest BCUT2D eigenvalue weighted by Crippen LogP contribution is -2.39. The quantitative estimate of drug-likeness (QED) is 0.598. The first-order valence-electron chi connectivity index (χ1n) is 10.7. The van der Waals surface area contributed by atoms with Gasteiger partial charge in [-0.05, 0) is 68.0 Å². The van der Waals surface area contributed by atoms with Crippen LogP contribution in [0.3, 0.4) is 0 Å². The Labute approximate surface area is 181 Å². The summed E-state index contributed by atoms with van der Waals surface area (Å²) in [5.41, 5.74) is 3.90. The normalized spacial score (nSPS) is 19.0. The molecule has 1 aliphatic rings. The molecular weight excluding hydrogens is 398 g/mol. The molecule has 0 radical (unpaired) electrons. The Morgan fingerprint density at radius 1 is 1.10 bits per heavy atom. The fraction of sp³-hybridized carbons (Fsp3) is 0.375. The Hall–Kier alpha value is -2.66. The Balaban J connectivity index is 1.68. The average molecular weight is 424 g/mol. The van der Waals surface area contributed by atoms with E-state index in [-0.39, 0.29) is 17.4 Å². The lowest BCUT2D eigenvalue weighted by molar-refractivity contribution is -0.122. The van der Waals surface area contributed by atoms with E-state index in [0.717, 1.165) is 25.7 Å². The molecule has 0 atom stereocenters. The van der Waals surface area contributed by atoms with Crippen molar-refractivity contribution in [3.8, 4) is 11.4 Å². The van der Waals surface area contributed by atoms with E-state index in [4.69, 9.17) is 11.6 Å². The van der Waals surface area contributed by atoms with Crippen LogP contribution in [0, 0.1) is 11.8 Å². The van der Waals surface area contributed by atoms with Gasteiger partial charge in [-0.3, -0.25) is 15.0 Å². The first-order valence-corrected chi connectivity index (χ1v) is 11.0. The molecular formula is C24H26ClN3O2. The van der Waals surface area contributed by atoms with Crippen LogP contribution < -0.4 is 11.0 Å². The molecule has 1 saturated carbocycles. The van der Waals surface area contributed by atoms with Gasteiger partial charge in [0, 0.05) is 16.5 Å². The van der Waals surface area contributed by atoms with Crippen molar-refractivity contribution in [3.63, 3.8) is 0 Å². The van der Waals surface area contributed by atoms with E-state index in [1.165, 1.54) is 17.5 Å². The molecule has 1 fully saturated rings. The molecule has 4 rings (SSSR count). The van der Waals surface area contributed by atoms with E-state index in [0.29, 0.717) is 33.2 Å². The summed E-state index contributed by atoms with van der Waals surface area (Å²) in [5.74, 6) is 0.936. The standard InChI is InChI=1S/C24H26ClN3O2/c1-2-5-16-8-10-18(11-9-16)23(29)27-28-22(17-12-14-19(25)15-13-17)26-21-7-4-3-6-20(21)24(28)30/h3-4,6-7,12-16,18H,2,5,8-11H2,1H3,(H,27,29). The van der Waals surface area contributed by atoms with Gasteiger partial charge in [0.05, 0.1) is 10.9 Å². The number of nitrogens with zero attached hydrogens (tertiary/aromatic N) is 2. The summed E-state index contributed by atoms with van der Waals surface area (Å²) in [6.07, 6.45) is 6.28. The molecule has 0 spiro atoms. The van der Waals surface area contributed by atoms with E-state index in [1.54, 1.807) is 42.5 Å². The second-order valence-electron chi connectivity index (χ2n) is 8.08. The highest BCUT2D eigenvalue weighted by Crippen LogP contribution is 2.32. The third-order valence-corrected chi connectivity index (χ3v) is 6.27. The number of nitrogens with one attached hydrogen (secondary N) is 1. The predicted molar refractivity (Wildman–Crippen MR) is 121 cm³/mol. The molecule has 2 aromatic carbocycles. The smallest absolute Gasteiger partial charge is 0.273 e. The van der Waals surface area contributed by atoms with Gasteiger partial charge in [0.2, 0.25) is 5.91 Å². The second kappa shape index (κ2) is 9.00. The maximum atomic E-state index is 13.2. The maximum Gasteiger partial charge on any atom is 0.280 e. The molecule has 30 heavy (non-hydrogen) atoms. The summed E-state index contributed by atoms with van der Waals surface area (Å²) in [7, 11) is 0. The summed E-state index contributed by atoms with van der Waals surface area (Å²) < 4.78 is 1.30. The zero-order chi connectivity index (χ0) is 21.1. The molecule has 0 saturated heterocycles. The molecule has 0 aliphatic heterocycles. The zero-order valence-electron chi connectivity index (χ0n) is 17.1. The molecule has 156 valence electrons. The minimum atomic E-state index is -0.279. The van der Waals surface area contributed by atoms with Crippen molar-refractivity contribution in [2.45, 2.75) is 45.4 Å². The fourth-order valence-electron chi connectivity index (χ4n) is 4.35. The number of halogens is 1. The minimum Gasteiger partial charge on any atom is -0.273 e. The Bertz CT molecular complexity index is 1100. The number of benzene rings is 2. The van der Waals surface area contributed by atoms with Crippen molar-refractivity contribution < 1.29 is 4.79 Å². The van der Waals surface area contributed by atoms with Crippen molar-refractivity contribution in [1.82, 2.24) is 9.66 Å². The molecule has 1 amide bonds. The van der Waals surface area contributed by atoms with E-state index < -0.39 is 0 Å². The number of hydrogen-bond acceptors (Lipinski definition) is 3. The van der Waals surface area contributed by atoms with Crippen molar-refractivity contribution in [2.24, 2.45) is 11.8 Å². The summed E-state index contributed by atoms with van der Waals surface area (Å²) in [5, 5.41) is 1.07. The van der Waals surface area contributed by atoms with Gasteiger partial charge in [-0.15, -0.1) is 0 Å². The van der Waals surface area contributed by atoms with Crippen LogP contribution in [0.5, 0.6) is 0 Å². The monoisotopic (exact) mass is 423 g/mol. The molecule has 1 aliphatic carbocycles. The first-order chi connectivity index (χ1) is 14.6. The van der Waals surface area contributed by atoms with Gasteiger partial charge in [-0.2, -0.15) is 4.68 Å². The number of rotatable bonds is 5. The highest BCUT2D eigenvalue weighted by atomic mass is 35.5. The van der Waals surface area contributed by atoms with E-state index >= 15 is 0 Å². The molecule has 0 bridgehead atoms. The minimum absolute atomic E-state index is 0.0745. The molecule has 3 aromatic rings.